The molecule has 0 aliphatic heterocycles. The van der Waals surface area contributed by atoms with Gasteiger partial charge in [0.2, 0.25) is 0 Å². The Kier molecular flexibility index (Phi) is 47.0. The van der Waals surface area contributed by atoms with Gasteiger partial charge < -0.3 is 33.5 Å². The number of nitrogens with zero attached hydrogens (tertiary/aromatic N) is 2. The predicted octanol–water partition coefficient (Wildman–Crippen LogP) is 9.71. The van der Waals surface area contributed by atoms with Gasteiger partial charge in [0.05, 0.1) is 25.8 Å². The minimum Gasteiger partial charge on any atom is -0.462 e. The van der Waals surface area contributed by atoms with Crippen LogP contribution in [0.15, 0.2) is 0 Å². The van der Waals surface area contributed by atoms with E-state index >= 15 is 0 Å². The molecule has 56 heavy (non-hydrogen) atoms. The Morgan fingerprint density at radius 1 is 0.500 bits per heavy atom. The van der Waals surface area contributed by atoms with Crippen molar-refractivity contribution < 1.29 is 43.1 Å². The van der Waals surface area contributed by atoms with Crippen molar-refractivity contribution in [3.8, 4) is 0 Å². The molecule has 0 heterocycles. The van der Waals surface area contributed by atoms with Gasteiger partial charge in [-0.1, -0.05) is 136 Å². The van der Waals surface area contributed by atoms with Crippen LogP contribution in [0.2, 0.25) is 0 Å². The highest BCUT2D eigenvalue weighted by Gasteiger charge is 2.22. The lowest BCUT2D eigenvalue weighted by Gasteiger charge is -2.24. The average Bonchev–Trinajstić information content (AvgIpc) is 3.16. The van der Waals surface area contributed by atoms with Crippen molar-refractivity contribution in [2.75, 3.05) is 87.5 Å². The highest BCUT2D eigenvalue weighted by Crippen LogP contribution is 2.12. The molecule has 0 spiro atoms. The first-order valence-corrected chi connectivity index (χ1v) is 22.9. The number of esters is 2. The van der Waals surface area contributed by atoms with Crippen molar-refractivity contribution in [1.82, 2.24) is 9.80 Å². The van der Waals surface area contributed by atoms with Gasteiger partial charge in [0, 0.05) is 33.0 Å². The molecular weight excluding hydrogens is 712 g/mol. The molecule has 2 atom stereocenters. The van der Waals surface area contributed by atoms with Crippen LogP contribution in [-0.2, 0) is 38.0 Å². The molecule has 0 bridgehead atoms. The molecule has 336 valence electrons. The van der Waals surface area contributed by atoms with E-state index in [-0.39, 0.29) is 25.7 Å². The molecular formula is C45H92N2O9. The lowest BCUT2D eigenvalue weighted by Crippen LogP contribution is -2.35. The number of carbonyl (C=O) groups excluding carboxylic acids is 2. The summed E-state index contributed by atoms with van der Waals surface area (Å²) in [6.45, 7) is 10.2. The average molecular weight is 805 g/mol. The summed E-state index contributed by atoms with van der Waals surface area (Å²) < 4.78 is 33.7. The lowest BCUT2D eigenvalue weighted by atomic mass is 10.1. The second-order valence-electron chi connectivity index (χ2n) is 15.7. The third-order valence-electron chi connectivity index (χ3n) is 9.23. The van der Waals surface area contributed by atoms with Gasteiger partial charge in [-0.15, -0.1) is 0 Å². The molecule has 1 unspecified atom stereocenters. The van der Waals surface area contributed by atoms with Crippen LogP contribution in [0.3, 0.4) is 0 Å². The van der Waals surface area contributed by atoms with E-state index in [9.17, 15) is 9.59 Å². The molecule has 0 saturated carbocycles. The van der Waals surface area contributed by atoms with Crippen LogP contribution >= 0.6 is 0 Å². The monoisotopic (exact) mass is 805 g/mol. The number of likely N-dealkylation sites (N-methyl/N-ethyl adjacent to an activating group) is 2. The quantitative estimate of drug-likeness (QED) is 0.0361. The van der Waals surface area contributed by atoms with Gasteiger partial charge in [-0.25, -0.2) is 0 Å². The Hall–Kier alpha value is -1.34. The minimum atomic E-state index is -1.12. The smallest absolute Gasteiger partial charge is 0.324 e. The fourth-order valence-electron chi connectivity index (χ4n) is 5.79. The number of hydrogen-bond donors (Lipinski definition) is 1. The number of hydrogen-bond acceptors (Lipinski definition) is 11. The molecule has 0 aliphatic carbocycles. The van der Waals surface area contributed by atoms with Crippen LogP contribution in [0.1, 0.15) is 181 Å². The van der Waals surface area contributed by atoms with Gasteiger partial charge >= 0.3 is 18.4 Å². The van der Waals surface area contributed by atoms with E-state index in [4.69, 9.17) is 33.5 Å². The summed E-state index contributed by atoms with van der Waals surface area (Å²) in [4.78, 5) is 27.5. The first-order chi connectivity index (χ1) is 27.2. The third kappa shape index (κ3) is 47.0. The summed E-state index contributed by atoms with van der Waals surface area (Å²) in [6.07, 6.45) is 29.6. The van der Waals surface area contributed by atoms with E-state index in [1.807, 2.05) is 6.92 Å². The van der Waals surface area contributed by atoms with Crippen molar-refractivity contribution in [1.29, 1.82) is 0 Å². The molecule has 0 radical (unpaired) electrons. The summed E-state index contributed by atoms with van der Waals surface area (Å²) >= 11 is 0. The number of aliphatic hydroxyl groups excluding tert-OH is 1. The zero-order valence-electron chi connectivity index (χ0n) is 37.8. The van der Waals surface area contributed by atoms with Gasteiger partial charge in [0.1, 0.15) is 6.61 Å². The SMILES string of the molecule is CCCCCCCOCCCCCCCCCO.CCCCCCCOCCCCCCCCCO[C@H](OC(=O)CN(C)C)OC(CC)COC(=O)CN(C)C. The van der Waals surface area contributed by atoms with E-state index in [1.54, 1.807) is 38.0 Å². The summed E-state index contributed by atoms with van der Waals surface area (Å²) in [6, 6.07) is 0. The van der Waals surface area contributed by atoms with Gasteiger partial charge in [-0.2, -0.15) is 0 Å². The van der Waals surface area contributed by atoms with Crippen molar-refractivity contribution in [2.45, 2.75) is 194 Å². The highest BCUT2D eigenvalue weighted by atomic mass is 16.9. The topological polar surface area (TPSA) is 116 Å². The first-order valence-electron chi connectivity index (χ1n) is 22.9. The first kappa shape index (κ1) is 56.8. The Morgan fingerprint density at radius 2 is 0.875 bits per heavy atom. The van der Waals surface area contributed by atoms with Crippen molar-refractivity contribution in [2.24, 2.45) is 0 Å². The summed E-state index contributed by atoms with van der Waals surface area (Å²) in [7, 11) is 7.19. The molecule has 0 aromatic rings. The zero-order valence-corrected chi connectivity index (χ0v) is 37.8. The van der Waals surface area contributed by atoms with Crippen molar-refractivity contribution in [3.63, 3.8) is 0 Å². The molecule has 11 nitrogen and oxygen atoms in total. The molecule has 0 amide bonds. The Labute approximate surface area is 345 Å². The van der Waals surface area contributed by atoms with Crippen molar-refractivity contribution >= 4 is 11.9 Å². The molecule has 11 heteroatoms. The normalized spacial score (nSPS) is 12.5. The van der Waals surface area contributed by atoms with Crippen LogP contribution in [0.5, 0.6) is 0 Å². The molecule has 0 rings (SSSR count). The van der Waals surface area contributed by atoms with E-state index in [0.29, 0.717) is 19.6 Å². The number of carbonyl (C=O) groups is 2. The molecule has 0 fully saturated rings. The second kappa shape index (κ2) is 46.4. The fourth-order valence-corrected chi connectivity index (χ4v) is 5.79. The Bertz CT molecular complexity index is 788. The number of rotatable bonds is 42. The van der Waals surface area contributed by atoms with Crippen LogP contribution < -0.4 is 0 Å². The summed E-state index contributed by atoms with van der Waals surface area (Å²) in [5.41, 5.74) is 0. The van der Waals surface area contributed by atoms with E-state index in [1.165, 1.54) is 122 Å². The molecule has 0 aliphatic rings. The van der Waals surface area contributed by atoms with Gasteiger partial charge in [0.15, 0.2) is 0 Å². The minimum absolute atomic E-state index is 0.0816. The number of ether oxygens (including phenoxy) is 6. The zero-order chi connectivity index (χ0) is 41.7. The maximum atomic E-state index is 12.2. The Morgan fingerprint density at radius 3 is 1.27 bits per heavy atom. The number of aliphatic hydroxyl groups is 1. The van der Waals surface area contributed by atoms with Gasteiger partial charge in [-0.3, -0.25) is 19.4 Å². The molecule has 0 saturated heterocycles. The van der Waals surface area contributed by atoms with Gasteiger partial charge in [-0.05, 0) is 73.1 Å². The maximum absolute atomic E-state index is 12.2. The highest BCUT2D eigenvalue weighted by molar-refractivity contribution is 5.72. The standard InChI is InChI=1S/C29H58N2O7.C16H34O2/c1-7-9-10-14-17-20-34-21-18-15-12-11-13-16-19-22-35-29(38-28(33)24-31(5)6)37-26(8-2)25-36-27(32)23-30(3)4;1-2-3-4-9-12-15-18-16-13-10-7-5-6-8-11-14-17/h26,29H,7-25H2,1-6H3;17H,2-16H2,1H3/t26?,29-;/m0./s1. The molecule has 0 aromatic heterocycles. The van der Waals surface area contributed by atoms with Crippen LogP contribution in [0, 0.1) is 0 Å². The second-order valence-corrected chi connectivity index (χ2v) is 15.7. The largest absolute Gasteiger partial charge is 0.462 e. The molecule has 0 aromatic carbocycles. The summed E-state index contributed by atoms with van der Waals surface area (Å²) in [5, 5.41) is 8.64. The van der Waals surface area contributed by atoms with E-state index in [0.717, 1.165) is 58.5 Å². The number of unbranched alkanes of at least 4 members (excludes halogenated alkanes) is 20. The molecule has 1 N–H and O–H groups in total. The van der Waals surface area contributed by atoms with Crippen LogP contribution in [0.4, 0.5) is 0 Å². The summed E-state index contributed by atoms with van der Waals surface area (Å²) in [5.74, 6) is -0.760. The lowest BCUT2D eigenvalue weighted by molar-refractivity contribution is -0.295. The van der Waals surface area contributed by atoms with Gasteiger partial charge in [0.25, 0.3) is 0 Å². The maximum Gasteiger partial charge on any atom is 0.324 e. The Balaban J connectivity index is 0. The fraction of sp³-hybridized carbons (Fsp3) is 0.956. The van der Waals surface area contributed by atoms with Crippen LogP contribution in [0.25, 0.3) is 0 Å². The predicted molar refractivity (Wildman–Crippen MR) is 230 cm³/mol. The van der Waals surface area contributed by atoms with Crippen molar-refractivity contribution in [3.05, 3.63) is 0 Å². The third-order valence-corrected chi connectivity index (χ3v) is 9.23. The van der Waals surface area contributed by atoms with Crippen LogP contribution in [-0.4, -0.2) is 127 Å². The van der Waals surface area contributed by atoms with E-state index in [2.05, 4.69) is 13.8 Å². The van der Waals surface area contributed by atoms with E-state index < -0.39 is 18.5 Å².